The lowest BCUT2D eigenvalue weighted by Gasteiger charge is -2.20. The molecule has 1 amide bonds. The van der Waals surface area contributed by atoms with Crippen LogP contribution in [0.15, 0.2) is 29.3 Å². The molecule has 0 aliphatic carbocycles. The second-order valence-corrected chi connectivity index (χ2v) is 6.94. The number of ether oxygens (including phenoxy) is 1. The van der Waals surface area contributed by atoms with Gasteiger partial charge in [-0.25, -0.2) is 4.99 Å². The van der Waals surface area contributed by atoms with E-state index in [1.807, 2.05) is 52.0 Å². The van der Waals surface area contributed by atoms with Crippen LogP contribution in [0.4, 0.5) is 0 Å². The van der Waals surface area contributed by atoms with Crippen molar-refractivity contribution in [2.45, 2.75) is 46.6 Å². The van der Waals surface area contributed by atoms with Crippen LogP contribution in [0.2, 0.25) is 0 Å². The molecule has 1 rings (SSSR count). The van der Waals surface area contributed by atoms with Crippen LogP contribution in [-0.4, -0.2) is 43.6 Å². The summed E-state index contributed by atoms with van der Waals surface area (Å²) in [6, 6.07) is 8.02. The van der Waals surface area contributed by atoms with Crippen LogP contribution in [0.3, 0.4) is 0 Å². The Morgan fingerprint density at radius 1 is 1.16 bits per heavy atom. The number of carbonyl (C=O) groups is 1. The molecule has 0 unspecified atom stereocenters. The summed E-state index contributed by atoms with van der Waals surface area (Å²) >= 11 is 0. The Labute approximate surface area is 151 Å². The first-order valence-electron chi connectivity index (χ1n) is 8.83. The van der Waals surface area contributed by atoms with E-state index in [4.69, 9.17) is 4.74 Å². The van der Waals surface area contributed by atoms with Gasteiger partial charge in [0.1, 0.15) is 12.3 Å². The molecule has 0 fully saturated rings. The van der Waals surface area contributed by atoms with Gasteiger partial charge >= 0.3 is 0 Å². The van der Waals surface area contributed by atoms with Gasteiger partial charge in [0.05, 0.1) is 6.61 Å². The van der Waals surface area contributed by atoms with Crippen molar-refractivity contribution in [1.82, 2.24) is 16.0 Å². The highest BCUT2D eigenvalue weighted by Crippen LogP contribution is 2.11. The molecule has 0 aliphatic rings. The number of hydrogen-bond acceptors (Lipinski definition) is 3. The summed E-state index contributed by atoms with van der Waals surface area (Å²) in [5, 5.41) is 9.24. The van der Waals surface area contributed by atoms with Crippen molar-refractivity contribution < 1.29 is 9.53 Å². The Hall–Kier alpha value is -2.24. The zero-order valence-corrected chi connectivity index (χ0v) is 16.1. The fourth-order valence-corrected chi connectivity index (χ4v) is 2.05. The van der Waals surface area contributed by atoms with Crippen LogP contribution in [0.25, 0.3) is 0 Å². The predicted molar refractivity (Wildman–Crippen MR) is 103 cm³/mol. The highest BCUT2D eigenvalue weighted by atomic mass is 16.5. The van der Waals surface area contributed by atoms with Crippen molar-refractivity contribution in [3.63, 3.8) is 0 Å². The van der Waals surface area contributed by atoms with E-state index in [9.17, 15) is 4.79 Å². The average molecular weight is 348 g/mol. The van der Waals surface area contributed by atoms with Crippen LogP contribution in [0.5, 0.6) is 5.75 Å². The van der Waals surface area contributed by atoms with Gasteiger partial charge in [-0.3, -0.25) is 4.79 Å². The van der Waals surface area contributed by atoms with Crippen LogP contribution < -0.4 is 20.7 Å². The maximum absolute atomic E-state index is 11.8. The van der Waals surface area contributed by atoms with E-state index in [0.717, 1.165) is 25.3 Å². The van der Waals surface area contributed by atoms with Crippen molar-refractivity contribution in [1.29, 1.82) is 0 Å². The largest absolute Gasteiger partial charge is 0.494 e. The smallest absolute Gasteiger partial charge is 0.242 e. The van der Waals surface area contributed by atoms with Gasteiger partial charge in [-0.15, -0.1) is 0 Å². The van der Waals surface area contributed by atoms with Crippen molar-refractivity contribution >= 4 is 11.9 Å². The molecule has 0 aliphatic heterocycles. The lowest BCUT2D eigenvalue weighted by atomic mass is 10.1. The van der Waals surface area contributed by atoms with Gasteiger partial charge in [0.25, 0.3) is 0 Å². The van der Waals surface area contributed by atoms with E-state index in [0.29, 0.717) is 12.6 Å². The van der Waals surface area contributed by atoms with Crippen molar-refractivity contribution in [2.75, 3.05) is 26.2 Å². The maximum Gasteiger partial charge on any atom is 0.242 e. The fraction of sp³-hybridized carbons (Fsp3) is 0.579. The van der Waals surface area contributed by atoms with E-state index in [1.54, 1.807) is 0 Å². The van der Waals surface area contributed by atoms with E-state index in [1.165, 1.54) is 5.56 Å². The summed E-state index contributed by atoms with van der Waals surface area (Å²) in [5.74, 6) is 1.43. The molecule has 6 nitrogen and oxygen atoms in total. The molecule has 1 aromatic carbocycles. The van der Waals surface area contributed by atoms with Gasteiger partial charge in [-0.1, -0.05) is 17.7 Å². The Morgan fingerprint density at radius 3 is 2.44 bits per heavy atom. The zero-order chi connectivity index (χ0) is 18.7. The molecule has 25 heavy (non-hydrogen) atoms. The first-order valence-corrected chi connectivity index (χ1v) is 8.83. The molecule has 0 bridgehead atoms. The normalized spacial score (nSPS) is 11.8. The summed E-state index contributed by atoms with van der Waals surface area (Å²) in [4.78, 5) is 16.1. The molecule has 0 saturated carbocycles. The molecule has 0 atom stereocenters. The third-order valence-electron chi connectivity index (χ3n) is 3.14. The minimum Gasteiger partial charge on any atom is -0.494 e. The minimum atomic E-state index is -0.244. The van der Waals surface area contributed by atoms with E-state index in [-0.39, 0.29) is 18.0 Å². The summed E-state index contributed by atoms with van der Waals surface area (Å²) in [5.41, 5.74) is 0.974. The van der Waals surface area contributed by atoms with Crippen LogP contribution in [0, 0.1) is 6.92 Å². The SMILES string of the molecule is CCNC(=NCC(=O)NC(C)(C)C)NCCCOc1ccc(C)cc1. The van der Waals surface area contributed by atoms with Crippen molar-refractivity contribution in [3.05, 3.63) is 29.8 Å². The first-order chi connectivity index (χ1) is 11.8. The molecule has 6 heteroatoms. The molecule has 0 spiro atoms. The lowest BCUT2D eigenvalue weighted by Crippen LogP contribution is -2.43. The molecule has 140 valence electrons. The lowest BCUT2D eigenvalue weighted by molar-refractivity contribution is -0.121. The summed E-state index contributed by atoms with van der Waals surface area (Å²) in [7, 11) is 0. The Morgan fingerprint density at radius 2 is 1.84 bits per heavy atom. The summed E-state index contributed by atoms with van der Waals surface area (Å²) in [6.07, 6.45) is 0.840. The third kappa shape index (κ3) is 10.3. The molecule has 0 heterocycles. The molecular weight excluding hydrogens is 316 g/mol. The van der Waals surface area contributed by atoms with Gasteiger partial charge in [-0.05, 0) is 53.2 Å². The number of amides is 1. The topological polar surface area (TPSA) is 74.8 Å². The second-order valence-electron chi connectivity index (χ2n) is 6.94. The standard InChI is InChI=1S/C19H32N4O2/c1-6-20-18(22-14-17(24)23-19(3,4)5)21-12-7-13-25-16-10-8-15(2)9-11-16/h8-11H,6-7,12-14H2,1-5H3,(H,23,24)(H2,20,21,22). The van der Waals surface area contributed by atoms with Gasteiger partial charge in [-0.2, -0.15) is 0 Å². The maximum atomic E-state index is 11.8. The fourth-order valence-electron chi connectivity index (χ4n) is 2.05. The molecule has 0 saturated heterocycles. The number of hydrogen-bond donors (Lipinski definition) is 3. The number of rotatable bonds is 8. The van der Waals surface area contributed by atoms with E-state index >= 15 is 0 Å². The molecular formula is C19H32N4O2. The molecule has 0 aromatic heterocycles. The second kappa shape index (κ2) is 10.6. The number of nitrogens with one attached hydrogen (secondary N) is 3. The minimum absolute atomic E-state index is 0.0904. The predicted octanol–water partition coefficient (Wildman–Crippen LogP) is 2.23. The van der Waals surface area contributed by atoms with Crippen molar-refractivity contribution in [3.8, 4) is 5.75 Å². The van der Waals surface area contributed by atoms with Crippen LogP contribution >= 0.6 is 0 Å². The number of aryl methyl sites for hydroxylation is 1. The Balaban J connectivity index is 2.31. The Bertz CT molecular complexity index is 548. The summed E-state index contributed by atoms with van der Waals surface area (Å²) < 4.78 is 5.69. The highest BCUT2D eigenvalue weighted by molar-refractivity contribution is 5.85. The monoisotopic (exact) mass is 348 g/mol. The molecule has 3 N–H and O–H groups in total. The van der Waals surface area contributed by atoms with Crippen LogP contribution in [-0.2, 0) is 4.79 Å². The molecule has 1 aromatic rings. The number of guanidine groups is 1. The van der Waals surface area contributed by atoms with Crippen LogP contribution in [0.1, 0.15) is 39.7 Å². The number of aliphatic imine (C=N–C) groups is 1. The van der Waals surface area contributed by atoms with Gasteiger partial charge in [0.2, 0.25) is 5.91 Å². The van der Waals surface area contributed by atoms with Crippen molar-refractivity contribution in [2.24, 2.45) is 4.99 Å². The number of benzene rings is 1. The van der Waals surface area contributed by atoms with E-state index in [2.05, 4.69) is 27.9 Å². The average Bonchev–Trinajstić information content (AvgIpc) is 2.52. The third-order valence-corrected chi connectivity index (χ3v) is 3.14. The first kappa shape index (κ1) is 20.8. The summed E-state index contributed by atoms with van der Waals surface area (Å²) in [6.45, 7) is 12.1. The highest BCUT2D eigenvalue weighted by Gasteiger charge is 2.13. The van der Waals surface area contributed by atoms with E-state index < -0.39 is 0 Å². The number of carbonyl (C=O) groups excluding carboxylic acids is 1. The van der Waals surface area contributed by atoms with Gasteiger partial charge in [0.15, 0.2) is 5.96 Å². The molecule has 0 radical (unpaired) electrons. The van der Waals surface area contributed by atoms with Gasteiger partial charge < -0.3 is 20.7 Å². The number of nitrogens with zero attached hydrogens (tertiary/aromatic N) is 1. The van der Waals surface area contributed by atoms with Gasteiger partial charge in [0, 0.05) is 18.6 Å². The zero-order valence-electron chi connectivity index (χ0n) is 16.1. The quantitative estimate of drug-likeness (QED) is 0.383. The Kier molecular flexibility index (Phi) is 8.81.